The highest BCUT2D eigenvalue weighted by atomic mass is 35.5. The summed E-state index contributed by atoms with van der Waals surface area (Å²) in [5, 5.41) is 0. The molecule has 1 unspecified atom stereocenters. The molecule has 1 heterocycles. The van der Waals surface area contributed by atoms with Gasteiger partial charge in [-0.1, -0.05) is 36.8 Å². The van der Waals surface area contributed by atoms with Crippen molar-refractivity contribution in [2.45, 2.75) is 26.7 Å². The van der Waals surface area contributed by atoms with Gasteiger partial charge in [-0.05, 0) is 32.9 Å². The summed E-state index contributed by atoms with van der Waals surface area (Å²) in [5.74, 6) is 0.382. The van der Waals surface area contributed by atoms with Crippen LogP contribution in [-0.4, -0.2) is 30.3 Å². The number of benzene rings is 1. The molecule has 1 aromatic rings. The maximum atomic E-state index is 12.2. The Morgan fingerprint density at radius 1 is 1.22 bits per heavy atom. The molecule has 0 spiro atoms. The number of rotatable bonds is 4. The zero-order valence-corrected chi connectivity index (χ0v) is 12.0. The van der Waals surface area contributed by atoms with E-state index in [-0.39, 0.29) is 24.1 Å². The molecule has 0 amide bonds. The molecule has 100 valence electrons. The molecule has 3 heteroatoms. The van der Waals surface area contributed by atoms with Crippen LogP contribution in [0, 0.1) is 12.8 Å². The third-order valence-electron chi connectivity index (χ3n) is 3.51. The number of Topliss-reactive ketones (excluding diaryl/α,β-unsaturated/α-hetero) is 1. The first-order valence-electron chi connectivity index (χ1n) is 6.50. The van der Waals surface area contributed by atoms with Crippen LogP contribution in [0.1, 0.15) is 35.7 Å². The molecule has 1 aromatic carbocycles. The van der Waals surface area contributed by atoms with E-state index in [1.54, 1.807) is 0 Å². The minimum atomic E-state index is 0. The highest BCUT2D eigenvalue weighted by molar-refractivity contribution is 5.97. The quantitative estimate of drug-likeness (QED) is 0.780. The average Bonchev–Trinajstić information content (AvgIpc) is 2.82. The molecule has 0 saturated carbocycles. The Bertz CT molecular complexity index is 382. The molecule has 0 N–H and O–H groups in total. The Labute approximate surface area is 116 Å². The monoisotopic (exact) mass is 267 g/mol. The van der Waals surface area contributed by atoms with Gasteiger partial charge in [0.05, 0.1) is 0 Å². The van der Waals surface area contributed by atoms with Crippen LogP contribution in [-0.2, 0) is 0 Å². The Kier molecular flexibility index (Phi) is 5.83. The first kappa shape index (κ1) is 15.2. The Morgan fingerprint density at radius 3 is 2.33 bits per heavy atom. The van der Waals surface area contributed by atoms with E-state index in [9.17, 15) is 4.79 Å². The highest BCUT2D eigenvalue weighted by Gasteiger charge is 2.20. The van der Waals surface area contributed by atoms with Gasteiger partial charge in [-0.15, -0.1) is 12.4 Å². The van der Waals surface area contributed by atoms with E-state index in [1.165, 1.54) is 18.4 Å². The summed E-state index contributed by atoms with van der Waals surface area (Å²) in [7, 11) is 0. The van der Waals surface area contributed by atoms with Crippen molar-refractivity contribution in [1.29, 1.82) is 0 Å². The summed E-state index contributed by atoms with van der Waals surface area (Å²) >= 11 is 0. The fourth-order valence-electron chi connectivity index (χ4n) is 2.44. The van der Waals surface area contributed by atoms with Gasteiger partial charge < -0.3 is 4.90 Å². The molecule has 0 aromatic heterocycles. The van der Waals surface area contributed by atoms with Crippen LogP contribution >= 0.6 is 12.4 Å². The molecule has 18 heavy (non-hydrogen) atoms. The largest absolute Gasteiger partial charge is 0.303 e. The molecule has 1 aliphatic heterocycles. The summed E-state index contributed by atoms with van der Waals surface area (Å²) in [6.45, 7) is 7.31. The minimum absolute atomic E-state index is 0. The van der Waals surface area contributed by atoms with Crippen molar-refractivity contribution >= 4 is 18.2 Å². The first-order chi connectivity index (χ1) is 8.16. The van der Waals surface area contributed by atoms with Crippen molar-refractivity contribution < 1.29 is 4.79 Å². The second-order valence-electron chi connectivity index (χ2n) is 5.14. The molecule has 2 nitrogen and oxygen atoms in total. The molecule has 0 bridgehead atoms. The highest BCUT2D eigenvalue weighted by Crippen LogP contribution is 2.14. The van der Waals surface area contributed by atoms with Gasteiger partial charge in [-0.3, -0.25) is 4.79 Å². The molecule has 1 saturated heterocycles. The van der Waals surface area contributed by atoms with Gasteiger partial charge in [-0.2, -0.15) is 0 Å². The predicted molar refractivity (Wildman–Crippen MR) is 77.6 cm³/mol. The van der Waals surface area contributed by atoms with E-state index >= 15 is 0 Å². The van der Waals surface area contributed by atoms with Crippen molar-refractivity contribution in [3.8, 4) is 0 Å². The summed E-state index contributed by atoms with van der Waals surface area (Å²) in [6, 6.07) is 7.90. The van der Waals surface area contributed by atoms with E-state index in [0.29, 0.717) is 0 Å². The van der Waals surface area contributed by atoms with Gasteiger partial charge in [0.1, 0.15) is 0 Å². The van der Waals surface area contributed by atoms with Crippen LogP contribution < -0.4 is 0 Å². The molecule has 1 atom stereocenters. The van der Waals surface area contributed by atoms with Gasteiger partial charge >= 0.3 is 0 Å². The lowest BCUT2D eigenvalue weighted by Crippen LogP contribution is -2.29. The number of halogens is 1. The van der Waals surface area contributed by atoms with Crippen LogP contribution in [0.15, 0.2) is 24.3 Å². The molecule has 1 fully saturated rings. The van der Waals surface area contributed by atoms with E-state index in [1.807, 2.05) is 38.1 Å². The molecule has 0 aliphatic carbocycles. The van der Waals surface area contributed by atoms with E-state index < -0.39 is 0 Å². The van der Waals surface area contributed by atoms with Crippen molar-refractivity contribution in [3.05, 3.63) is 35.4 Å². The van der Waals surface area contributed by atoms with Crippen LogP contribution in [0.2, 0.25) is 0 Å². The topological polar surface area (TPSA) is 20.3 Å². The fourth-order valence-corrected chi connectivity index (χ4v) is 2.44. The summed E-state index contributed by atoms with van der Waals surface area (Å²) in [4.78, 5) is 14.6. The van der Waals surface area contributed by atoms with Crippen LogP contribution in [0.25, 0.3) is 0 Å². The average molecular weight is 268 g/mol. The molecular formula is C15H22ClNO. The van der Waals surface area contributed by atoms with E-state index in [2.05, 4.69) is 4.90 Å². The number of carbonyl (C=O) groups is 1. The van der Waals surface area contributed by atoms with Gasteiger partial charge in [-0.25, -0.2) is 0 Å². The van der Waals surface area contributed by atoms with Crippen LogP contribution in [0.4, 0.5) is 0 Å². The standard InChI is InChI=1S/C15H21NO.ClH/c1-12-5-7-14(8-6-12)15(17)13(2)11-16-9-3-4-10-16;/h5-8,13H,3-4,9-11H2,1-2H3;1H. The van der Waals surface area contributed by atoms with Gasteiger partial charge in [0.2, 0.25) is 0 Å². The maximum absolute atomic E-state index is 12.2. The van der Waals surface area contributed by atoms with E-state index in [4.69, 9.17) is 0 Å². The predicted octanol–water partition coefficient (Wildman–Crippen LogP) is 3.33. The fraction of sp³-hybridized carbons (Fsp3) is 0.533. The Balaban J connectivity index is 0.00000162. The molecular weight excluding hydrogens is 246 g/mol. The Hall–Kier alpha value is -0.860. The first-order valence-corrected chi connectivity index (χ1v) is 6.50. The number of ketones is 1. The second kappa shape index (κ2) is 6.91. The van der Waals surface area contributed by atoms with Crippen molar-refractivity contribution in [2.24, 2.45) is 5.92 Å². The van der Waals surface area contributed by atoms with E-state index in [0.717, 1.165) is 25.2 Å². The van der Waals surface area contributed by atoms with Crippen molar-refractivity contribution in [2.75, 3.05) is 19.6 Å². The number of carbonyl (C=O) groups excluding carboxylic acids is 1. The maximum Gasteiger partial charge on any atom is 0.166 e. The van der Waals surface area contributed by atoms with Gasteiger partial charge in [0.25, 0.3) is 0 Å². The van der Waals surface area contributed by atoms with Crippen LogP contribution in [0.3, 0.4) is 0 Å². The minimum Gasteiger partial charge on any atom is -0.303 e. The van der Waals surface area contributed by atoms with Crippen LogP contribution in [0.5, 0.6) is 0 Å². The number of nitrogens with zero attached hydrogens (tertiary/aromatic N) is 1. The number of aryl methyl sites for hydroxylation is 1. The third-order valence-corrected chi connectivity index (χ3v) is 3.51. The van der Waals surface area contributed by atoms with Gasteiger partial charge in [0, 0.05) is 18.0 Å². The Morgan fingerprint density at radius 2 is 1.78 bits per heavy atom. The van der Waals surface area contributed by atoms with Gasteiger partial charge in [0.15, 0.2) is 5.78 Å². The molecule has 2 rings (SSSR count). The SMILES string of the molecule is Cc1ccc(C(=O)C(C)CN2CCCC2)cc1.Cl. The van der Waals surface area contributed by atoms with Crippen molar-refractivity contribution in [3.63, 3.8) is 0 Å². The lowest BCUT2D eigenvalue weighted by Gasteiger charge is -2.19. The summed E-state index contributed by atoms with van der Waals surface area (Å²) in [6.07, 6.45) is 2.57. The van der Waals surface area contributed by atoms with Crippen molar-refractivity contribution in [1.82, 2.24) is 4.90 Å². The summed E-state index contributed by atoms with van der Waals surface area (Å²) in [5.41, 5.74) is 2.05. The lowest BCUT2D eigenvalue weighted by atomic mass is 9.98. The smallest absolute Gasteiger partial charge is 0.166 e. The third kappa shape index (κ3) is 3.82. The zero-order chi connectivity index (χ0) is 12.3. The normalized spacial score (nSPS) is 17.2. The molecule has 1 aliphatic rings. The molecule has 0 radical (unpaired) electrons. The summed E-state index contributed by atoms with van der Waals surface area (Å²) < 4.78 is 0. The number of hydrogen-bond donors (Lipinski definition) is 0. The number of likely N-dealkylation sites (tertiary alicyclic amines) is 1. The second-order valence-corrected chi connectivity index (χ2v) is 5.14. The number of hydrogen-bond acceptors (Lipinski definition) is 2. The lowest BCUT2D eigenvalue weighted by molar-refractivity contribution is 0.0903. The zero-order valence-electron chi connectivity index (χ0n) is 11.2.